The van der Waals surface area contributed by atoms with Gasteiger partial charge in [-0.2, -0.15) is 0 Å². The normalized spacial score (nSPS) is 14.1. The van der Waals surface area contributed by atoms with Crippen molar-refractivity contribution < 1.29 is 9.72 Å². The van der Waals surface area contributed by atoms with Crippen LogP contribution in [0.5, 0.6) is 0 Å². The van der Waals surface area contributed by atoms with Crippen molar-refractivity contribution in [2.75, 3.05) is 31.1 Å². The second-order valence-electron chi connectivity index (χ2n) is 6.66. The Bertz CT molecular complexity index is 975. The molecule has 0 radical (unpaired) electrons. The first-order valence-electron chi connectivity index (χ1n) is 9.14. The zero-order valence-corrected chi connectivity index (χ0v) is 15.3. The number of nitro benzene ring substituents is 1. The molecule has 7 nitrogen and oxygen atoms in total. The van der Waals surface area contributed by atoms with Crippen molar-refractivity contribution in [2.24, 2.45) is 0 Å². The van der Waals surface area contributed by atoms with Crippen LogP contribution in [0.4, 0.5) is 11.4 Å². The Hall–Kier alpha value is -3.61. The summed E-state index contributed by atoms with van der Waals surface area (Å²) < 4.78 is 1.99. The number of para-hydroxylation sites is 2. The molecule has 0 bridgehead atoms. The van der Waals surface area contributed by atoms with Crippen LogP contribution < -0.4 is 4.90 Å². The minimum absolute atomic E-state index is 0.0127. The van der Waals surface area contributed by atoms with Gasteiger partial charge in [-0.3, -0.25) is 14.9 Å². The van der Waals surface area contributed by atoms with Gasteiger partial charge in [-0.15, -0.1) is 0 Å². The molecular weight excluding hydrogens is 356 g/mol. The van der Waals surface area contributed by atoms with Gasteiger partial charge in [-0.05, 0) is 42.5 Å². The number of rotatable bonds is 4. The Morgan fingerprint density at radius 2 is 1.50 bits per heavy atom. The first kappa shape index (κ1) is 17.8. The fourth-order valence-electron chi connectivity index (χ4n) is 3.50. The molecule has 0 saturated carbocycles. The highest BCUT2D eigenvalue weighted by atomic mass is 16.6. The first-order chi connectivity index (χ1) is 13.6. The number of amides is 1. The summed E-state index contributed by atoms with van der Waals surface area (Å²) in [7, 11) is 0. The molecule has 2 heterocycles. The SMILES string of the molecule is O=C(c1ccc(-n2cccc2)cc1)N1CCN(c2ccccc2[N+](=O)[O-])CC1. The van der Waals surface area contributed by atoms with Gasteiger partial charge in [-0.25, -0.2) is 0 Å². The van der Waals surface area contributed by atoms with E-state index in [1.165, 1.54) is 6.07 Å². The lowest BCUT2D eigenvalue weighted by atomic mass is 10.1. The summed E-state index contributed by atoms with van der Waals surface area (Å²) in [4.78, 5) is 27.5. The van der Waals surface area contributed by atoms with Crippen molar-refractivity contribution >= 4 is 17.3 Å². The molecule has 1 fully saturated rings. The maximum Gasteiger partial charge on any atom is 0.292 e. The monoisotopic (exact) mass is 376 g/mol. The number of hydrogen-bond donors (Lipinski definition) is 0. The predicted octanol–water partition coefficient (Wildman–Crippen LogP) is 3.35. The molecule has 2 aromatic carbocycles. The van der Waals surface area contributed by atoms with E-state index in [1.807, 2.05) is 58.3 Å². The molecule has 0 aliphatic carbocycles. The van der Waals surface area contributed by atoms with E-state index in [-0.39, 0.29) is 16.5 Å². The van der Waals surface area contributed by atoms with Gasteiger partial charge in [-0.1, -0.05) is 12.1 Å². The molecular formula is C21H20N4O3. The van der Waals surface area contributed by atoms with Crippen LogP contribution in [0, 0.1) is 10.1 Å². The zero-order chi connectivity index (χ0) is 19.5. The molecule has 142 valence electrons. The minimum Gasteiger partial charge on any atom is -0.362 e. The summed E-state index contributed by atoms with van der Waals surface area (Å²) in [6.07, 6.45) is 3.91. The van der Waals surface area contributed by atoms with Crippen LogP contribution >= 0.6 is 0 Å². The molecule has 1 amide bonds. The number of aromatic nitrogens is 1. The molecule has 3 aromatic rings. The standard InChI is InChI=1S/C21H20N4O3/c26-21(17-7-9-18(10-8-17)22-11-3-4-12-22)24-15-13-23(14-16-24)19-5-1-2-6-20(19)25(27)28/h1-12H,13-16H2. The van der Waals surface area contributed by atoms with Crippen molar-refractivity contribution in [2.45, 2.75) is 0 Å². The predicted molar refractivity (Wildman–Crippen MR) is 107 cm³/mol. The van der Waals surface area contributed by atoms with Crippen LogP contribution in [0.1, 0.15) is 10.4 Å². The molecule has 1 aromatic heterocycles. The third kappa shape index (κ3) is 3.46. The number of hydrogen-bond acceptors (Lipinski definition) is 4. The number of anilines is 1. The third-order valence-electron chi connectivity index (χ3n) is 5.00. The molecule has 28 heavy (non-hydrogen) atoms. The molecule has 0 N–H and O–H groups in total. The Morgan fingerprint density at radius 3 is 2.14 bits per heavy atom. The van der Waals surface area contributed by atoms with Crippen molar-refractivity contribution in [1.29, 1.82) is 0 Å². The second kappa shape index (κ2) is 7.56. The quantitative estimate of drug-likeness (QED) is 0.517. The average molecular weight is 376 g/mol. The lowest BCUT2D eigenvalue weighted by Gasteiger charge is -2.35. The highest BCUT2D eigenvalue weighted by molar-refractivity contribution is 5.94. The average Bonchev–Trinajstić information content (AvgIpc) is 3.28. The fraction of sp³-hybridized carbons (Fsp3) is 0.190. The van der Waals surface area contributed by atoms with E-state index in [0.29, 0.717) is 37.4 Å². The Labute approximate surface area is 162 Å². The number of nitro groups is 1. The minimum atomic E-state index is -0.362. The first-order valence-corrected chi connectivity index (χ1v) is 9.14. The van der Waals surface area contributed by atoms with Crippen LogP contribution in [0.2, 0.25) is 0 Å². The van der Waals surface area contributed by atoms with Crippen LogP contribution in [0.25, 0.3) is 5.69 Å². The molecule has 4 rings (SSSR count). The van der Waals surface area contributed by atoms with Gasteiger partial charge >= 0.3 is 0 Å². The van der Waals surface area contributed by atoms with Crippen molar-refractivity contribution in [3.8, 4) is 5.69 Å². The smallest absolute Gasteiger partial charge is 0.292 e. The van der Waals surface area contributed by atoms with Crippen molar-refractivity contribution in [1.82, 2.24) is 9.47 Å². The number of piperazine rings is 1. The van der Waals surface area contributed by atoms with Crippen LogP contribution in [-0.2, 0) is 0 Å². The van der Waals surface area contributed by atoms with E-state index in [0.717, 1.165) is 5.69 Å². The van der Waals surface area contributed by atoms with Crippen molar-refractivity contribution in [3.63, 3.8) is 0 Å². The molecule has 0 unspecified atom stereocenters. The topological polar surface area (TPSA) is 71.6 Å². The van der Waals surface area contributed by atoms with Gasteiger partial charge in [0.15, 0.2) is 0 Å². The Morgan fingerprint density at radius 1 is 0.857 bits per heavy atom. The fourth-order valence-corrected chi connectivity index (χ4v) is 3.50. The van der Waals surface area contributed by atoms with Gasteiger partial charge in [0.2, 0.25) is 0 Å². The molecule has 0 atom stereocenters. The summed E-state index contributed by atoms with van der Waals surface area (Å²) in [5.41, 5.74) is 2.36. The van der Waals surface area contributed by atoms with Gasteiger partial charge in [0, 0.05) is 55.9 Å². The van der Waals surface area contributed by atoms with E-state index >= 15 is 0 Å². The molecule has 1 aliphatic rings. The van der Waals surface area contributed by atoms with Gasteiger partial charge in [0.25, 0.3) is 11.6 Å². The number of carbonyl (C=O) groups is 1. The number of nitrogens with zero attached hydrogens (tertiary/aromatic N) is 4. The highest BCUT2D eigenvalue weighted by Gasteiger charge is 2.25. The summed E-state index contributed by atoms with van der Waals surface area (Å²) in [5.74, 6) is -0.0127. The van der Waals surface area contributed by atoms with Gasteiger partial charge in [0.1, 0.15) is 5.69 Å². The zero-order valence-electron chi connectivity index (χ0n) is 15.3. The number of carbonyl (C=O) groups excluding carboxylic acids is 1. The molecule has 7 heteroatoms. The summed E-state index contributed by atoms with van der Waals surface area (Å²) >= 11 is 0. The van der Waals surface area contributed by atoms with E-state index in [1.54, 1.807) is 23.1 Å². The van der Waals surface area contributed by atoms with E-state index in [4.69, 9.17) is 0 Å². The van der Waals surface area contributed by atoms with E-state index in [9.17, 15) is 14.9 Å². The van der Waals surface area contributed by atoms with E-state index < -0.39 is 0 Å². The Kier molecular flexibility index (Phi) is 4.80. The van der Waals surface area contributed by atoms with Crippen molar-refractivity contribution in [3.05, 3.63) is 88.7 Å². The van der Waals surface area contributed by atoms with Gasteiger partial charge in [0.05, 0.1) is 4.92 Å². The maximum absolute atomic E-state index is 12.8. The lowest BCUT2D eigenvalue weighted by Crippen LogP contribution is -2.48. The second-order valence-corrected chi connectivity index (χ2v) is 6.66. The summed E-state index contributed by atoms with van der Waals surface area (Å²) in [6.45, 7) is 2.20. The largest absolute Gasteiger partial charge is 0.362 e. The van der Waals surface area contributed by atoms with Crippen LogP contribution in [-0.4, -0.2) is 46.5 Å². The van der Waals surface area contributed by atoms with Crippen LogP contribution in [0.15, 0.2) is 73.1 Å². The lowest BCUT2D eigenvalue weighted by molar-refractivity contribution is -0.384. The molecule has 1 saturated heterocycles. The van der Waals surface area contributed by atoms with E-state index in [2.05, 4.69) is 0 Å². The molecule has 0 spiro atoms. The van der Waals surface area contributed by atoms with Gasteiger partial charge < -0.3 is 14.4 Å². The highest BCUT2D eigenvalue weighted by Crippen LogP contribution is 2.28. The summed E-state index contributed by atoms with van der Waals surface area (Å²) in [5, 5.41) is 11.2. The maximum atomic E-state index is 12.8. The Balaban J connectivity index is 1.42. The van der Waals surface area contributed by atoms with Crippen LogP contribution in [0.3, 0.4) is 0 Å². The third-order valence-corrected chi connectivity index (χ3v) is 5.00. The summed E-state index contributed by atoms with van der Waals surface area (Å²) in [6, 6.07) is 18.2. The molecule has 1 aliphatic heterocycles. The number of benzene rings is 2.